The van der Waals surface area contributed by atoms with Crippen LogP contribution in [0.4, 0.5) is 15.9 Å². The van der Waals surface area contributed by atoms with Gasteiger partial charge in [0.25, 0.3) is 11.6 Å². The third kappa shape index (κ3) is 4.35. The topological polar surface area (TPSA) is 92.5 Å². The van der Waals surface area contributed by atoms with Crippen LogP contribution in [-0.4, -0.2) is 52.1 Å². The molecule has 0 unspecified atom stereocenters. The Hall–Kier alpha value is -3.88. The first kappa shape index (κ1) is 20.4. The number of benzene rings is 2. The fourth-order valence-electron chi connectivity index (χ4n) is 3.58. The lowest BCUT2D eigenvalue weighted by atomic mass is 10.1. The molecule has 0 bridgehead atoms. The molecule has 0 saturated carbocycles. The average Bonchev–Trinajstić information content (AvgIpc) is 2.79. The minimum Gasteiger partial charge on any atom is -0.352 e. The first-order valence-electron chi connectivity index (χ1n) is 9.81. The molecule has 3 aromatic rings. The lowest BCUT2D eigenvalue weighted by Crippen LogP contribution is -2.49. The van der Waals surface area contributed by atoms with Gasteiger partial charge >= 0.3 is 0 Å². The molecule has 1 saturated heterocycles. The molecule has 0 N–H and O–H groups in total. The summed E-state index contributed by atoms with van der Waals surface area (Å²) in [4.78, 5) is 27.1. The van der Waals surface area contributed by atoms with Crippen molar-refractivity contribution in [3.05, 3.63) is 81.7 Å². The second-order valence-electron chi connectivity index (χ2n) is 7.32. The van der Waals surface area contributed by atoms with Crippen molar-refractivity contribution in [2.75, 3.05) is 31.1 Å². The van der Waals surface area contributed by atoms with E-state index in [1.165, 1.54) is 24.3 Å². The SMILES string of the molecule is Cc1cc(C(=O)N2CCN(c3ccc(-c4ccc(F)cc4)nn3)CC2)ccc1[N+](=O)[O-]. The van der Waals surface area contributed by atoms with Crippen LogP contribution < -0.4 is 4.90 Å². The molecule has 0 spiro atoms. The molecule has 0 atom stereocenters. The number of aromatic nitrogens is 2. The number of amides is 1. The maximum absolute atomic E-state index is 13.1. The number of rotatable bonds is 4. The van der Waals surface area contributed by atoms with Crippen molar-refractivity contribution < 1.29 is 14.1 Å². The molecule has 1 aromatic heterocycles. The van der Waals surface area contributed by atoms with E-state index in [2.05, 4.69) is 10.2 Å². The predicted molar refractivity (Wildman–Crippen MR) is 113 cm³/mol. The van der Waals surface area contributed by atoms with Gasteiger partial charge in [0.1, 0.15) is 5.82 Å². The van der Waals surface area contributed by atoms with Gasteiger partial charge in [-0.3, -0.25) is 14.9 Å². The zero-order chi connectivity index (χ0) is 22.0. The van der Waals surface area contributed by atoms with Gasteiger partial charge in [0.15, 0.2) is 5.82 Å². The first-order valence-corrected chi connectivity index (χ1v) is 9.81. The van der Waals surface area contributed by atoms with Crippen LogP contribution in [0.1, 0.15) is 15.9 Å². The van der Waals surface area contributed by atoms with Crippen LogP contribution in [0.2, 0.25) is 0 Å². The number of halogens is 1. The summed E-state index contributed by atoms with van der Waals surface area (Å²) in [7, 11) is 0. The summed E-state index contributed by atoms with van der Waals surface area (Å²) in [5.41, 5.74) is 2.36. The number of carbonyl (C=O) groups is 1. The standard InChI is InChI=1S/C22H20FN5O3/c1-15-14-17(4-8-20(15)28(30)31)22(29)27-12-10-26(11-13-27)21-9-7-19(24-25-21)16-2-5-18(23)6-3-16/h2-9,14H,10-13H2,1H3. The molecule has 8 nitrogen and oxygen atoms in total. The number of anilines is 1. The minimum absolute atomic E-state index is 0.00373. The second kappa shape index (κ2) is 8.47. The lowest BCUT2D eigenvalue weighted by molar-refractivity contribution is -0.385. The van der Waals surface area contributed by atoms with E-state index in [4.69, 9.17) is 0 Å². The molecule has 0 aliphatic carbocycles. The van der Waals surface area contributed by atoms with E-state index in [0.29, 0.717) is 48.8 Å². The quantitative estimate of drug-likeness (QED) is 0.473. The summed E-state index contributed by atoms with van der Waals surface area (Å²) in [5.74, 6) is 0.268. The van der Waals surface area contributed by atoms with E-state index < -0.39 is 4.92 Å². The highest BCUT2D eigenvalue weighted by atomic mass is 19.1. The molecule has 1 amide bonds. The van der Waals surface area contributed by atoms with Gasteiger partial charge < -0.3 is 9.80 Å². The zero-order valence-corrected chi connectivity index (χ0v) is 16.9. The van der Waals surface area contributed by atoms with E-state index >= 15 is 0 Å². The van der Waals surface area contributed by atoms with Gasteiger partial charge in [-0.2, -0.15) is 0 Å². The number of aryl methyl sites for hydroxylation is 1. The summed E-state index contributed by atoms with van der Waals surface area (Å²) in [6, 6.07) is 14.2. The number of piperazine rings is 1. The van der Waals surface area contributed by atoms with Crippen LogP contribution >= 0.6 is 0 Å². The van der Waals surface area contributed by atoms with Crippen molar-refractivity contribution in [2.24, 2.45) is 0 Å². The number of hydrogen-bond acceptors (Lipinski definition) is 6. The Balaban J connectivity index is 1.39. The Bertz CT molecular complexity index is 1110. The molecule has 1 fully saturated rings. The highest BCUT2D eigenvalue weighted by Gasteiger charge is 2.24. The van der Waals surface area contributed by atoms with Crippen LogP contribution in [0.3, 0.4) is 0 Å². The summed E-state index contributed by atoms with van der Waals surface area (Å²) < 4.78 is 13.1. The van der Waals surface area contributed by atoms with Gasteiger partial charge in [-0.25, -0.2) is 4.39 Å². The number of hydrogen-bond donors (Lipinski definition) is 0. The lowest BCUT2D eigenvalue weighted by Gasteiger charge is -2.35. The van der Waals surface area contributed by atoms with Crippen LogP contribution in [0, 0.1) is 22.9 Å². The number of nitro groups is 1. The summed E-state index contributed by atoms with van der Waals surface area (Å²) in [6.45, 7) is 3.85. The summed E-state index contributed by atoms with van der Waals surface area (Å²) in [6.07, 6.45) is 0. The molecular weight excluding hydrogens is 401 g/mol. The predicted octanol–water partition coefficient (Wildman–Crippen LogP) is 3.46. The molecule has 1 aliphatic heterocycles. The van der Waals surface area contributed by atoms with Crippen molar-refractivity contribution in [3.8, 4) is 11.3 Å². The molecule has 2 aromatic carbocycles. The summed E-state index contributed by atoms with van der Waals surface area (Å²) >= 11 is 0. The Morgan fingerprint density at radius 3 is 2.29 bits per heavy atom. The molecule has 0 radical (unpaired) electrons. The van der Waals surface area contributed by atoms with Gasteiger partial charge in [-0.15, -0.1) is 10.2 Å². The molecule has 2 heterocycles. The van der Waals surface area contributed by atoms with Gasteiger partial charge in [0.05, 0.1) is 10.6 Å². The molecule has 1 aliphatic rings. The number of carbonyl (C=O) groups excluding carboxylic acids is 1. The summed E-state index contributed by atoms with van der Waals surface area (Å²) in [5, 5.41) is 19.5. The second-order valence-corrected chi connectivity index (χ2v) is 7.32. The molecule has 31 heavy (non-hydrogen) atoms. The third-order valence-corrected chi connectivity index (χ3v) is 5.32. The van der Waals surface area contributed by atoms with Crippen LogP contribution in [0.25, 0.3) is 11.3 Å². The van der Waals surface area contributed by atoms with Gasteiger partial charge in [-0.05, 0) is 55.5 Å². The smallest absolute Gasteiger partial charge is 0.272 e. The highest BCUT2D eigenvalue weighted by Crippen LogP contribution is 2.22. The van der Waals surface area contributed by atoms with Crippen molar-refractivity contribution in [1.29, 1.82) is 0 Å². The highest BCUT2D eigenvalue weighted by molar-refractivity contribution is 5.95. The molecule has 9 heteroatoms. The Morgan fingerprint density at radius 1 is 1.00 bits per heavy atom. The fourth-order valence-corrected chi connectivity index (χ4v) is 3.58. The number of nitro benzene ring substituents is 1. The Labute approximate surface area is 178 Å². The largest absolute Gasteiger partial charge is 0.352 e. The Kier molecular flexibility index (Phi) is 5.57. The number of nitrogens with zero attached hydrogens (tertiary/aromatic N) is 5. The first-order chi connectivity index (χ1) is 14.9. The maximum atomic E-state index is 13.1. The van der Waals surface area contributed by atoms with Crippen LogP contribution in [-0.2, 0) is 0 Å². The minimum atomic E-state index is -0.454. The van der Waals surface area contributed by atoms with Crippen molar-refractivity contribution >= 4 is 17.4 Å². The maximum Gasteiger partial charge on any atom is 0.272 e. The van der Waals surface area contributed by atoms with Crippen molar-refractivity contribution in [1.82, 2.24) is 15.1 Å². The Morgan fingerprint density at radius 2 is 1.71 bits per heavy atom. The van der Waals surface area contributed by atoms with Gasteiger partial charge in [0.2, 0.25) is 0 Å². The van der Waals surface area contributed by atoms with E-state index in [-0.39, 0.29) is 17.4 Å². The average molecular weight is 421 g/mol. The molecule has 4 rings (SSSR count). The van der Waals surface area contributed by atoms with Crippen LogP contribution in [0.15, 0.2) is 54.6 Å². The van der Waals surface area contributed by atoms with Gasteiger partial charge in [-0.1, -0.05) is 0 Å². The monoisotopic (exact) mass is 421 g/mol. The van der Waals surface area contributed by atoms with E-state index in [1.807, 2.05) is 17.0 Å². The van der Waals surface area contributed by atoms with Crippen molar-refractivity contribution in [3.63, 3.8) is 0 Å². The zero-order valence-electron chi connectivity index (χ0n) is 16.9. The molecular formula is C22H20FN5O3. The van der Waals surface area contributed by atoms with E-state index in [9.17, 15) is 19.3 Å². The van der Waals surface area contributed by atoms with Gasteiger partial charge in [0, 0.05) is 48.9 Å². The fraction of sp³-hybridized carbons (Fsp3) is 0.227. The molecule has 158 valence electrons. The normalized spacial score (nSPS) is 13.9. The van der Waals surface area contributed by atoms with Crippen LogP contribution in [0.5, 0.6) is 0 Å². The van der Waals surface area contributed by atoms with E-state index in [1.54, 1.807) is 30.0 Å². The third-order valence-electron chi connectivity index (χ3n) is 5.32. The van der Waals surface area contributed by atoms with E-state index in [0.717, 1.165) is 5.56 Å². The van der Waals surface area contributed by atoms with Crippen molar-refractivity contribution in [2.45, 2.75) is 6.92 Å².